The van der Waals surface area contributed by atoms with E-state index in [1.54, 1.807) is 18.2 Å². The van der Waals surface area contributed by atoms with Gasteiger partial charge < -0.3 is 9.84 Å². The van der Waals surface area contributed by atoms with Gasteiger partial charge in [0.25, 0.3) is 0 Å². The first-order chi connectivity index (χ1) is 16.0. The third-order valence-electron chi connectivity index (χ3n) is 6.46. The molecule has 1 aromatic carbocycles. The monoisotopic (exact) mass is 456 g/mol. The lowest BCUT2D eigenvalue weighted by atomic mass is 9.89. The van der Waals surface area contributed by atoms with Crippen molar-refractivity contribution in [2.45, 2.75) is 90.4 Å². The average molecular weight is 457 g/mol. The maximum atomic E-state index is 12.6. The molecule has 33 heavy (non-hydrogen) atoms. The normalized spacial score (nSPS) is 18.2. The summed E-state index contributed by atoms with van der Waals surface area (Å²) in [5.74, 6) is 0.385. The Hall–Kier alpha value is -2.43. The molecule has 5 nitrogen and oxygen atoms in total. The lowest BCUT2D eigenvalue weighted by Crippen LogP contribution is -2.13. The van der Waals surface area contributed by atoms with Crippen molar-refractivity contribution in [2.24, 2.45) is 11.8 Å². The van der Waals surface area contributed by atoms with Crippen LogP contribution in [-0.2, 0) is 9.59 Å². The number of carbonyl (C=O) groups excluding carboxylic acids is 2. The SMILES string of the molecule is CCCCCCCOc1ccc(C(=O)/C=C/C2CCC(=O)C2CCCCCCC(=O)O)cc1. The van der Waals surface area contributed by atoms with Crippen molar-refractivity contribution in [3.8, 4) is 5.75 Å². The number of carboxylic acid groups (broad SMARTS) is 1. The summed E-state index contributed by atoms with van der Waals surface area (Å²) in [7, 11) is 0. The maximum Gasteiger partial charge on any atom is 0.303 e. The van der Waals surface area contributed by atoms with Crippen LogP contribution in [0.3, 0.4) is 0 Å². The summed E-state index contributed by atoms with van der Waals surface area (Å²) in [6.45, 7) is 2.91. The minimum absolute atomic E-state index is 0.0124. The Labute approximate surface area is 198 Å². The number of rotatable bonds is 17. The van der Waals surface area contributed by atoms with Gasteiger partial charge in [0.05, 0.1) is 6.61 Å². The fraction of sp³-hybridized carbons (Fsp3) is 0.607. The molecule has 0 aliphatic heterocycles. The lowest BCUT2D eigenvalue weighted by molar-refractivity contribution is -0.137. The van der Waals surface area contributed by atoms with E-state index in [2.05, 4.69) is 6.92 Å². The molecule has 0 heterocycles. The smallest absolute Gasteiger partial charge is 0.303 e. The molecule has 2 rings (SSSR count). The summed E-state index contributed by atoms with van der Waals surface area (Å²) < 4.78 is 5.77. The van der Waals surface area contributed by atoms with Crippen molar-refractivity contribution in [2.75, 3.05) is 6.61 Å². The summed E-state index contributed by atoms with van der Waals surface area (Å²) in [4.78, 5) is 35.5. The number of carboxylic acids is 1. The third kappa shape index (κ3) is 10.4. The molecule has 1 aliphatic rings. The van der Waals surface area contributed by atoms with Crippen LogP contribution in [0.1, 0.15) is 101 Å². The van der Waals surface area contributed by atoms with Gasteiger partial charge in [-0.25, -0.2) is 0 Å². The van der Waals surface area contributed by atoms with Crippen molar-refractivity contribution in [3.05, 3.63) is 42.0 Å². The van der Waals surface area contributed by atoms with E-state index in [1.165, 1.54) is 25.7 Å². The number of carbonyl (C=O) groups is 3. The molecule has 0 spiro atoms. The molecule has 0 saturated heterocycles. The molecule has 0 aromatic heterocycles. The standard InChI is InChI=1S/C28H40O5/c1-2-3-4-7-10-21-33-24-17-13-23(14-18-24)26(29)19-15-22-16-20-27(30)25(22)11-8-5-6-9-12-28(31)32/h13-15,17-19,22,25H,2-12,16,20-21H2,1H3,(H,31,32)/b19-15+. The molecule has 0 bridgehead atoms. The average Bonchev–Trinajstić information content (AvgIpc) is 3.16. The number of allylic oxidation sites excluding steroid dienone is 2. The molecule has 0 amide bonds. The Kier molecular flexibility index (Phi) is 12.5. The van der Waals surface area contributed by atoms with Crippen LogP contribution >= 0.6 is 0 Å². The van der Waals surface area contributed by atoms with E-state index in [0.717, 1.165) is 44.3 Å². The Balaban J connectivity index is 1.74. The van der Waals surface area contributed by atoms with Gasteiger partial charge in [0.15, 0.2) is 5.78 Å². The second-order valence-electron chi connectivity index (χ2n) is 9.13. The number of hydrogen-bond acceptors (Lipinski definition) is 4. The molecular formula is C28H40O5. The highest BCUT2D eigenvalue weighted by atomic mass is 16.5. The molecule has 2 unspecified atom stereocenters. The summed E-state index contributed by atoms with van der Waals surface area (Å²) in [6.07, 6.45) is 15.4. The summed E-state index contributed by atoms with van der Waals surface area (Å²) in [5, 5.41) is 8.69. The lowest BCUT2D eigenvalue weighted by Gasteiger charge is -2.14. The first kappa shape index (κ1) is 26.8. The van der Waals surface area contributed by atoms with E-state index in [0.29, 0.717) is 30.8 Å². The van der Waals surface area contributed by atoms with Crippen LogP contribution in [0, 0.1) is 11.8 Å². The van der Waals surface area contributed by atoms with Crippen molar-refractivity contribution in [3.63, 3.8) is 0 Å². The summed E-state index contributed by atoms with van der Waals surface area (Å²) in [6, 6.07) is 7.29. The first-order valence-corrected chi connectivity index (χ1v) is 12.7. The Morgan fingerprint density at radius 3 is 2.42 bits per heavy atom. The number of benzene rings is 1. The van der Waals surface area contributed by atoms with Crippen LogP contribution in [0.15, 0.2) is 36.4 Å². The molecule has 1 N–H and O–H groups in total. The van der Waals surface area contributed by atoms with E-state index in [4.69, 9.17) is 9.84 Å². The first-order valence-electron chi connectivity index (χ1n) is 12.7. The zero-order valence-corrected chi connectivity index (χ0v) is 20.1. The number of ketones is 2. The minimum Gasteiger partial charge on any atom is -0.494 e. The van der Waals surface area contributed by atoms with Gasteiger partial charge in [-0.2, -0.15) is 0 Å². The topological polar surface area (TPSA) is 80.7 Å². The van der Waals surface area contributed by atoms with Crippen molar-refractivity contribution in [1.29, 1.82) is 0 Å². The van der Waals surface area contributed by atoms with Gasteiger partial charge in [0, 0.05) is 24.3 Å². The van der Waals surface area contributed by atoms with E-state index in [-0.39, 0.29) is 24.0 Å². The fourth-order valence-electron chi connectivity index (χ4n) is 4.45. The molecule has 2 atom stereocenters. The predicted octanol–water partition coefficient (Wildman–Crippen LogP) is 6.80. The number of ether oxygens (including phenoxy) is 1. The largest absolute Gasteiger partial charge is 0.494 e. The van der Waals surface area contributed by atoms with Crippen molar-refractivity contribution >= 4 is 17.5 Å². The van der Waals surface area contributed by atoms with Crippen molar-refractivity contribution in [1.82, 2.24) is 0 Å². The van der Waals surface area contributed by atoms with E-state index in [1.807, 2.05) is 18.2 Å². The van der Waals surface area contributed by atoms with Gasteiger partial charge in [-0.15, -0.1) is 0 Å². The van der Waals surface area contributed by atoms with Crippen LogP contribution in [0.25, 0.3) is 0 Å². The van der Waals surface area contributed by atoms with Crippen LogP contribution < -0.4 is 4.74 Å². The van der Waals surface area contributed by atoms with Crippen LogP contribution in [-0.4, -0.2) is 29.2 Å². The highest BCUT2D eigenvalue weighted by Crippen LogP contribution is 2.34. The molecule has 1 saturated carbocycles. The molecule has 1 aromatic rings. The van der Waals surface area contributed by atoms with Gasteiger partial charge in [0.1, 0.15) is 11.5 Å². The van der Waals surface area contributed by atoms with E-state index >= 15 is 0 Å². The van der Waals surface area contributed by atoms with Gasteiger partial charge in [-0.1, -0.05) is 57.9 Å². The maximum absolute atomic E-state index is 12.6. The number of aliphatic carboxylic acids is 1. The highest BCUT2D eigenvalue weighted by Gasteiger charge is 2.32. The zero-order valence-electron chi connectivity index (χ0n) is 20.1. The molecule has 0 radical (unpaired) electrons. The summed E-state index contributed by atoms with van der Waals surface area (Å²) >= 11 is 0. The Morgan fingerprint density at radius 2 is 1.70 bits per heavy atom. The van der Waals surface area contributed by atoms with Gasteiger partial charge in [0.2, 0.25) is 0 Å². The molecule has 1 aliphatic carbocycles. The summed E-state index contributed by atoms with van der Waals surface area (Å²) in [5.41, 5.74) is 0.626. The van der Waals surface area contributed by atoms with Crippen LogP contribution in [0.4, 0.5) is 0 Å². The zero-order chi connectivity index (χ0) is 23.9. The molecule has 5 heteroatoms. The van der Waals surface area contributed by atoms with Gasteiger partial charge >= 0.3 is 5.97 Å². The minimum atomic E-state index is -0.754. The number of unbranched alkanes of at least 4 members (excludes halogenated alkanes) is 7. The van der Waals surface area contributed by atoms with Gasteiger partial charge in [-0.05, 0) is 61.9 Å². The number of Topliss-reactive ketones (excluding diaryl/α,β-unsaturated/α-hetero) is 1. The molecule has 1 fully saturated rings. The van der Waals surface area contributed by atoms with Crippen molar-refractivity contribution < 1.29 is 24.2 Å². The quantitative estimate of drug-likeness (QED) is 0.158. The highest BCUT2D eigenvalue weighted by molar-refractivity contribution is 6.04. The molecular weight excluding hydrogens is 416 g/mol. The Morgan fingerprint density at radius 1 is 1.00 bits per heavy atom. The third-order valence-corrected chi connectivity index (χ3v) is 6.46. The van der Waals surface area contributed by atoms with E-state index in [9.17, 15) is 14.4 Å². The molecule has 182 valence electrons. The number of hydrogen-bond donors (Lipinski definition) is 1. The second kappa shape index (κ2) is 15.4. The van der Waals surface area contributed by atoms with Crippen LogP contribution in [0.5, 0.6) is 5.75 Å². The predicted molar refractivity (Wildman–Crippen MR) is 131 cm³/mol. The fourth-order valence-corrected chi connectivity index (χ4v) is 4.45. The Bertz CT molecular complexity index is 765. The van der Waals surface area contributed by atoms with Gasteiger partial charge in [-0.3, -0.25) is 14.4 Å². The second-order valence-corrected chi connectivity index (χ2v) is 9.13. The van der Waals surface area contributed by atoms with Crippen LogP contribution in [0.2, 0.25) is 0 Å². The van der Waals surface area contributed by atoms with E-state index < -0.39 is 5.97 Å².